The van der Waals surface area contributed by atoms with E-state index < -0.39 is 0 Å². The molecule has 3 nitrogen and oxygen atoms in total. The Balaban J connectivity index is 2.27. The van der Waals surface area contributed by atoms with Crippen molar-refractivity contribution < 1.29 is 9.47 Å². The van der Waals surface area contributed by atoms with Gasteiger partial charge in [0.2, 0.25) is 0 Å². The molecule has 19 heavy (non-hydrogen) atoms. The molecule has 106 valence electrons. The lowest BCUT2D eigenvalue weighted by atomic mass is 9.82. The number of rotatable bonds is 5. The topological polar surface area (TPSA) is 30.5 Å². The van der Waals surface area contributed by atoms with Crippen LogP contribution in [0.15, 0.2) is 12.1 Å². The Bertz CT molecular complexity index is 429. The van der Waals surface area contributed by atoms with E-state index in [1.165, 1.54) is 24.0 Å². The number of hydrogen-bond donors (Lipinski definition) is 1. The zero-order chi connectivity index (χ0) is 13.8. The fourth-order valence-corrected chi connectivity index (χ4v) is 2.82. The molecular weight excluding hydrogens is 238 g/mol. The van der Waals surface area contributed by atoms with Crippen LogP contribution < -0.4 is 14.8 Å². The third kappa shape index (κ3) is 3.21. The highest BCUT2D eigenvalue weighted by Crippen LogP contribution is 2.38. The van der Waals surface area contributed by atoms with E-state index in [0.717, 1.165) is 24.5 Å². The molecule has 1 N–H and O–H groups in total. The molecule has 0 amide bonds. The summed E-state index contributed by atoms with van der Waals surface area (Å²) in [5.41, 5.74) is 2.84. The maximum atomic E-state index is 5.43. The molecule has 0 spiro atoms. The molecule has 1 atom stereocenters. The Kier molecular flexibility index (Phi) is 4.70. The van der Waals surface area contributed by atoms with Gasteiger partial charge in [0.25, 0.3) is 0 Å². The molecule has 1 aromatic carbocycles. The maximum absolute atomic E-state index is 5.43. The van der Waals surface area contributed by atoms with Crippen molar-refractivity contribution >= 4 is 0 Å². The quantitative estimate of drug-likeness (QED) is 0.885. The fraction of sp³-hybridized carbons (Fsp3) is 0.625. The summed E-state index contributed by atoms with van der Waals surface area (Å²) in [5, 5.41) is 3.55. The lowest BCUT2D eigenvalue weighted by molar-refractivity contribution is 0.352. The molecule has 2 rings (SSSR count). The van der Waals surface area contributed by atoms with Crippen molar-refractivity contribution in [1.82, 2.24) is 5.32 Å². The molecule has 0 saturated carbocycles. The molecule has 0 heterocycles. The second-order valence-electron chi connectivity index (χ2n) is 5.56. The van der Waals surface area contributed by atoms with E-state index in [1.807, 2.05) is 0 Å². The lowest BCUT2D eigenvalue weighted by Gasteiger charge is -2.27. The normalized spacial score (nSPS) is 18.3. The third-order valence-corrected chi connectivity index (χ3v) is 3.86. The average molecular weight is 263 g/mol. The highest BCUT2D eigenvalue weighted by Gasteiger charge is 2.22. The Labute approximate surface area is 116 Å². The number of methoxy groups -OCH3 is 2. The number of hydrogen-bond acceptors (Lipinski definition) is 3. The van der Waals surface area contributed by atoms with Gasteiger partial charge in [-0.05, 0) is 48.4 Å². The first kappa shape index (κ1) is 14.2. The molecule has 0 aliphatic heterocycles. The molecular formula is C16H25NO2. The van der Waals surface area contributed by atoms with E-state index in [2.05, 4.69) is 31.3 Å². The van der Waals surface area contributed by atoms with E-state index in [9.17, 15) is 0 Å². The number of nitrogens with one attached hydrogen (secondary N) is 1. The van der Waals surface area contributed by atoms with Gasteiger partial charge in [-0.15, -0.1) is 0 Å². The molecule has 1 aromatic rings. The molecule has 0 aromatic heterocycles. The minimum atomic E-state index is 0.533. The second kappa shape index (κ2) is 6.29. The highest BCUT2D eigenvalue weighted by molar-refractivity contribution is 5.49. The van der Waals surface area contributed by atoms with Gasteiger partial charge in [-0.2, -0.15) is 0 Å². The van der Waals surface area contributed by atoms with Gasteiger partial charge in [-0.25, -0.2) is 0 Å². The summed E-state index contributed by atoms with van der Waals surface area (Å²) in [6.45, 7) is 5.43. The van der Waals surface area contributed by atoms with E-state index in [0.29, 0.717) is 12.0 Å². The minimum Gasteiger partial charge on any atom is -0.493 e. The number of fused-ring (bicyclic) bond motifs is 1. The summed E-state index contributed by atoms with van der Waals surface area (Å²) >= 11 is 0. The second-order valence-corrected chi connectivity index (χ2v) is 5.56. The number of aryl methyl sites for hydroxylation is 1. The van der Waals surface area contributed by atoms with Crippen LogP contribution >= 0.6 is 0 Å². The molecule has 1 aliphatic carbocycles. The Hall–Kier alpha value is -1.22. The van der Waals surface area contributed by atoms with Crippen molar-refractivity contribution in [1.29, 1.82) is 0 Å². The summed E-state index contributed by atoms with van der Waals surface area (Å²) in [5.74, 6) is 2.28. The molecule has 0 radical (unpaired) electrons. The van der Waals surface area contributed by atoms with Crippen molar-refractivity contribution in [3.05, 3.63) is 23.3 Å². The lowest BCUT2D eigenvalue weighted by Crippen LogP contribution is -2.29. The van der Waals surface area contributed by atoms with Crippen molar-refractivity contribution in [3.63, 3.8) is 0 Å². The SMILES string of the molecule is COc1cc2c(cc1OC)C(CNC(C)C)CCC2. The summed E-state index contributed by atoms with van der Waals surface area (Å²) in [6, 6.07) is 4.85. The zero-order valence-electron chi connectivity index (χ0n) is 12.5. The van der Waals surface area contributed by atoms with Gasteiger partial charge in [-0.3, -0.25) is 0 Å². The molecule has 0 fully saturated rings. The summed E-state index contributed by atoms with van der Waals surface area (Å²) in [7, 11) is 3.40. The minimum absolute atomic E-state index is 0.533. The van der Waals surface area contributed by atoms with E-state index >= 15 is 0 Å². The van der Waals surface area contributed by atoms with Gasteiger partial charge >= 0.3 is 0 Å². The zero-order valence-corrected chi connectivity index (χ0v) is 12.5. The van der Waals surface area contributed by atoms with E-state index in [4.69, 9.17) is 9.47 Å². The van der Waals surface area contributed by atoms with Gasteiger partial charge in [0.05, 0.1) is 14.2 Å². The van der Waals surface area contributed by atoms with Gasteiger partial charge < -0.3 is 14.8 Å². The van der Waals surface area contributed by atoms with Crippen LogP contribution in [0.25, 0.3) is 0 Å². The molecule has 1 aliphatic rings. The van der Waals surface area contributed by atoms with Gasteiger partial charge in [0.1, 0.15) is 0 Å². The van der Waals surface area contributed by atoms with E-state index in [1.54, 1.807) is 14.2 Å². The van der Waals surface area contributed by atoms with Gasteiger partial charge in [-0.1, -0.05) is 13.8 Å². The number of benzene rings is 1. The van der Waals surface area contributed by atoms with Crippen LogP contribution in [0.4, 0.5) is 0 Å². The first-order chi connectivity index (χ1) is 9.15. The molecule has 3 heteroatoms. The van der Waals surface area contributed by atoms with Crippen molar-refractivity contribution in [3.8, 4) is 11.5 Å². The van der Waals surface area contributed by atoms with Crippen LogP contribution in [0.1, 0.15) is 43.7 Å². The van der Waals surface area contributed by atoms with Crippen LogP contribution in [0, 0.1) is 0 Å². The van der Waals surface area contributed by atoms with E-state index in [-0.39, 0.29) is 0 Å². The summed E-state index contributed by atoms with van der Waals surface area (Å²) in [4.78, 5) is 0. The van der Waals surface area contributed by atoms with Crippen LogP contribution in [0.3, 0.4) is 0 Å². The first-order valence-corrected chi connectivity index (χ1v) is 7.14. The van der Waals surface area contributed by atoms with Crippen LogP contribution in [-0.2, 0) is 6.42 Å². The summed E-state index contributed by atoms with van der Waals surface area (Å²) in [6.07, 6.45) is 3.66. The van der Waals surface area contributed by atoms with Crippen molar-refractivity contribution in [2.45, 2.75) is 45.1 Å². The average Bonchev–Trinajstić information content (AvgIpc) is 2.43. The predicted octanol–water partition coefficient (Wildman–Crippen LogP) is 3.12. The highest BCUT2D eigenvalue weighted by atomic mass is 16.5. The predicted molar refractivity (Wildman–Crippen MR) is 78.4 cm³/mol. The molecule has 0 bridgehead atoms. The smallest absolute Gasteiger partial charge is 0.161 e. The van der Waals surface area contributed by atoms with Crippen LogP contribution in [0.2, 0.25) is 0 Å². The monoisotopic (exact) mass is 263 g/mol. The van der Waals surface area contributed by atoms with Crippen LogP contribution in [-0.4, -0.2) is 26.8 Å². The largest absolute Gasteiger partial charge is 0.493 e. The Morgan fingerprint density at radius 3 is 2.53 bits per heavy atom. The maximum Gasteiger partial charge on any atom is 0.161 e. The third-order valence-electron chi connectivity index (χ3n) is 3.86. The van der Waals surface area contributed by atoms with Gasteiger partial charge in [0, 0.05) is 12.6 Å². The van der Waals surface area contributed by atoms with Gasteiger partial charge in [0.15, 0.2) is 11.5 Å². The molecule has 1 unspecified atom stereocenters. The molecule has 0 saturated heterocycles. The van der Waals surface area contributed by atoms with Crippen molar-refractivity contribution in [2.24, 2.45) is 0 Å². The van der Waals surface area contributed by atoms with Crippen LogP contribution in [0.5, 0.6) is 11.5 Å². The first-order valence-electron chi connectivity index (χ1n) is 7.14. The fourth-order valence-electron chi connectivity index (χ4n) is 2.82. The number of ether oxygens (including phenoxy) is 2. The Morgan fingerprint density at radius 2 is 1.89 bits per heavy atom. The Morgan fingerprint density at radius 1 is 1.21 bits per heavy atom. The van der Waals surface area contributed by atoms with Crippen molar-refractivity contribution in [2.75, 3.05) is 20.8 Å². The summed E-state index contributed by atoms with van der Waals surface area (Å²) < 4.78 is 10.8. The standard InChI is InChI=1S/C16H25NO2/c1-11(2)17-10-13-7-5-6-12-8-15(18-3)16(19-4)9-14(12)13/h8-9,11,13,17H,5-7,10H2,1-4H3.